The number of ether oxygens (including phenoxy) is 1. The fourth-order valence-electron chi connectivity index (χ4n) is 2.46. The first-order chi connectivity index (χ1) is 11.8. The predicted molar refractivity (Wildman–Crippen MR) is 96.6 cm³/mol. The van der Waals surface area contributed by atoms with Gasteiger partial charge in [0.15, 0.2) is 11.5 Å². The van der Waals surface area contributed by atoms with Crippen LogP contribution in [0, 0.1) is 6.92 Å². The van der Waals surface area contributed by atoms with E-state index in [1.807, 2.05) is 20.8 Å². The third-order valence-electron chi connectivity index (χ3n) is 3.76. The highest BCUT2D eigenvalue weighted by atomic mass is 32.2. The summed E-state index contributed by atoms with van der Waals surface area (Å²) in [6.45, 7) is 5.79. The van der Waals surface area contributed by atoms with E-state index in [1.165, 1.54) is 7.11 Å². The van der Waals surface area contributed by atoms with Gasteiger partial charge in [-0.2, -0.15) is 0 Å². The Kier molecular flexibility index (Phi) is 4.43. The zero-order chi connectivity index (χ0) is 18.2. The summed E-state index contributed by atoms with van der Waals surface area (Å²) in [4.78, 5) is 4.48. The second-order valence-electron chi connectivity index (χ2n) is 6.15. The standard InChI is InChI=1S/C18H20N2O4S/c1-11(2)18-19-14-7-6-13(10-16(14)24-18)20-25(21,22)17-9-12(3)5-8-15(17)23-4/h5-11,20H,1-4H3. The molecule has 3 rings (SSSR count). The van der Waals surface area contributed by atoms with Crippen LogP contribution < -0.4 is 9.46 Å². The zero-order valence-electron chi connectivity index (χ0n) is 14.5. The van der Waals surface area contributed by atoms with Gasteiger partial charge in [0.05, 0.1) is 12.8 Å². The number of nitrogens with zero attached hydrogens (tertiary/aromatic N) is 1. The van der Waals surface area contributed by atoms with Gasteiger partial charge in [-0.05, 0) is 36.8 Å². The summed E-state index contributed by atoms with van der Waals surface area (Å²) < 4.78 is 38.9. The van der Waals surface area contributed by atoms with Gasteiger partial charge in [-0.15, -0.1) is 0 Å². The van der Waals surface area contributed by atoms with Gasteiger partial charge in [0.2, 0.25) is 0 Å². The van der Waals surface area contributed by atoms with Crippen LogP contribution in [0.3, 0.4) is 0 Å². The molecule has 0 aliphatic heterocycles. The molecule has 6 nitrogen and oxygen atoms in total. The summed E-state index contributed by atoms with van der Waals surface area (Å²) in [5.41, 5.74) is 2.47. The third-order valence-corrected chi connectivity index (χ3v) is 5.16. The van der Waals surface area contributed by atoms with Crippen molar-refractivity contribution in [2.45, 2.75) is 31.6 Å². The minimum Gasteiger partial charge on any atom is -0.495 e. The number of aromatic nitrogens is 1. The van der Waals surface area contributed by atoms with Crippen molar-refractivity contribution in [3.05, 3.63) is 47.9 Å². The Bertz CT molecular complexity index is 1020. The lowest BCUT2D eigenvalue weighted by molar-refractivity contribution is 0.402. The van der Waals surface area contributed by atoms with E-state index in [1.54, 1.807) is 36.4 Å². The van der Waals surface area contributed by atoms with Gasteiger partial charge in [0, 0.05) is 12.0 Å². The smallest absolute Gasteiger partial charge is 0.265 e. The second-order valence-corrected chi connectivity index (χ2v) is 7.80. The van der Waals surface area contributed by atoms with Gasteiger partial charge in [0.25, 0.3) is 10.0 Å². The maximum absolute atomic E-state index is 12.7. The van der Waals surface area contributed by atoms with Crippen molar-refractivity contribution in [3.63, 3.8) is 0 Å². The van der Waals surface area contributed by atoms with Crippen molar-refractivity contribution in [3.8, 4) is 5.75 Å². The molecule has 2 aromatic carbocycles. The van der Waals surface area contributed by atoms with Crippen molar-refractivity contribution in [2.75, 3.05) is 11.8 Å². The molecule has 25 heavy (non-hydrogen) atoms. The Balaban J connectivity index is 1.98. The van der Waals surface area contributed by atoms with Crippen molar-refractivity contribution < 1.29 is 17.6 Å². The third kappa shape index (κ3) is 3.46. The van der Waals surface area contributed by atoms with Crippen LogP contribution in [0.5, 0.6) is 5.75 Å². The van der Waals surface area contributed by atoms with Gasteiger partial charge in [-0.3, -0.25) is 4.72 Å². The topological polar surface area (TPSA) is 81.4 Å². The molecule has 3 aromatic rings. The van der Waals surface area contributed by atoms with Crippen molar-refractivity contribution in [2.24, 2.45) is 0 Å². The molecule has 1 heterocycles. The molecule has 7 heteroatoms. The summed E-state index contributed by atoms with van der Waals surface area (Å²) in [6.07, 6.45) is 0. The van der Waals surface area contributed by atoms with E-state index in [0.29, 0.717) is 28.4 Å². The highest BCUT2D eigenvalue weighted by molar-refractivity contribution is 7.92. The van der Waals surface area contributed by atoms with Crippen LogP contribution in [0.2, 0.25) is 0 Å². The average molecular weight is 360 g/mol. The number of rotatable bonds is 5. The Morgan fingerprint density at radius 3 is 2.60 bits per heavy atom. The molecule has 0 saturated heterocycles. The van der Waals surface area contributed by atoms with Crippen molar-refractivity contribution in [1.29, 1.82) is 0 Å². The summed E-state index contributed by atoms with van der Waals surface area (Å²) in [7, 11) is -2.35. The van der Waals surface area contributed by atoms with E-state index in [-0.39, 0.29) is 10.8 Å². The fraction of sp³-hybridized carbons (Fsp3) is 0.278. The van der Waals surface area contributed by atoms with E-state index in [2.05, 4.69) is 9.71 Å². The van der Waals surface area contributed by atoms with E-state index < -0.39 is 10.0 Å². The minimum atomic E-state index is -3.79. The quantitative estimate of drug-likeness (QED) is 0.742. The number of anilines is 1. The normalized spacial score (nSPS) is 11.9. The highest BCUT2D eigenvalue weighted by Crippen LogP contribution is 2.29. The van der Waals surface area contributed by atoms with Gasteiger partial charge in [-0.25, -0.2) is 13.4 Å². The number of benzene rings is 2. The van der Waals surface area contributed by atoms with Crippen LogP contribution in [-0.2, 0) is 10.0 Å². The maximum atomic E-state index is 12.7. The van der Waals surface area contributed by atoms with Gasteiger partial charge in [0.1, 0.15) is 16.2 Å². The van der Waals surface area contributed by atoms with E-state index in [0.717, 1.165) is 5.56 Å². The summed E-state index contributed by atoms with van der Waals surface area (Å²) in [5.74, 6) is 1.07. The number of sulfonamides is 1. The lowest BCUT2D eigenvalue weighted by atomic mass is 10.2. The van der Waals surface area contributed by atoms with Gasteiger partial charge in [-0.1, -0.05) is 19.9 Å². The number of nitrogens with one attached hydrogen (secondary N) is 1. The molecule has 0 fully saturated rings. The molecular weight excluding hydrogens is 340 g/mol. The molecule has 0 radical (unpaired) electrons. The van der Waals surface area contributed by atoms with Gasteiger partial charge < -0.3 is 9.15 Å². The summed E-state index contributed by atoms with van der Waals surface area (Å²) in [6, 6.07) is 10.0. The largest absolute Gasteiger partial charge is 0.495 e. The monoisotopic (exact) mass is 360 g/mol. The number of oxazole rings is 1. The van der Waals surface area contributed by atoms with Crippen molar-refractivity contribution in [1.82, 2.24) is 4.98 Å². The maximum Gasteiger partial charge on any atom is 0.265 e. The molecule has 0 aliphatic rings. The molecule has 0 bridgehead atoms. The first kappa shape index (κ1) is 17.3. The van der Waals surface area contributed by atoms with Gasteiger partial charge >= 0.3 is 0 Å². The lowest BCUT2D eigenvalue weighted by Gasteiger charge is -2.12. The Morgan fingerprint density at radius 1 is 1.16 bits per heavy atom. The number of fused-ring (bicyclic) bond motifs is 1. The molecule has 0 aliphatic carbocycles. The van der Waals surface area contributed by atoms with Crippen molar-refractivity contribution >= 4 is 26.8 Å². The Hall–Kier alpha value is -2.54. The van der Waals surface area contributed by atoms with Crippen LogP contribution in [-0.4, -0.2) is 20.5 Å². The Labute approximate surface area is 146 Å². The molecule has 0 unspecified atom stereocenters. The molecule has 132 valence electrons. The Morgan fingerprint density at radius 2 is 1.92 bits per heavy atom. The molecule has 1 aromatic heterocycles. The molecule has 1 N–H and O–H groups in total. The number of hydrogen-bond donors (Lipinski definition) is 1. The SMILES string of the molecule is COc1ccc(C)cc1S(=O)(=O)Nc1ccc2nc(C(C)C)oc2c1. The second kappa shape index (κ2) is 6.40. The number of aryl methyl sites for hydroxylation is 1. The van der Waals surface area contributed by atoms with E-state index >= 15 is 0 Å². The zero-order valence-corrected chi connectivity index (χ0v) is 15.3. The van der Waals surface area contributed by atoms with Crippen LogP contribution in [0.15, 0.2) is 45.7 Å². The van der Waals surface area contributed by atoms with Crippen LogP contribution in [0.4, 0.5) is 5.69 Å². The summed E-state index contributed by atoms with van der Waals surface area (Å²) in [5, 5.41) is 0. The lowest BCUT2D eigenvalue weighted by Crippen LogP contribution is -2.14. The first-order valence-corrected chi connectivity index (χ1v) is 9.36. The number of methoxy groups -OCH3 is 1. The molecule has 0 atom stereocenters. The molecular formula is C18H20N2O4S. The summed E-state index contributed by atoms with van der Waals surface area (Å²) >= 11 is 0. The molecule has 0 spiro atoms. The molecule has 0 amide bonds. The number of hydrogen-bond acceptors (Lipinski definition) is 5. The first-order valence-electron chi connectivity index (χ1n) is 7.88. The highest BCUT2D eigenvalue weighted by Gasteiger charge is 2.20. The predicted octanol–water partition coefficient (Wildman–Crippen LogP) is 4.07. The molecule has 0 saturated carbocycles. The van der Waals surface area contributed by atoms with Crippen LogP contribution in [0.25, 0.3) is 11.1 Å². The minimum absolute atomic E-state index is 0.0931. The average Bonchev–Trinajstić information content (AvgIpc) is 2.98. The van der Waals surface area contributed by atoms with Crippen LogP contribution in [0.1, 0.15) is 31.2 Å². The van der Waals surface area contributed by atoms with E-state index in [9.17, 15) is 8.42 Å². The fourth-order valence-corrected chi connectivity index (χ4v) is 3.76. The van der Waals surface area contributed by atoms with E-state index in [4.69, 9.17) is 9.15 Å². The van der Waals surface area contributed by atoms with Crippen LogP contribution >= 0.6 is 0 Å².